The molecule has 0 saturated carbocycles. The van der Waals surface area contributed by atoms with Crippen LogP contribution in [0, 0.1) is 0 Å². The lowest BCUT2D eigenvalue weighted by atomic mass is 10.2. The molecule has 0 spiro atoms. The second-order valence-corrected chi connectivity index (χ2v) is 4.55. The molecule has 96 valence electrons. The summed E-state index contributed by atoms with van der Waals surface area (Å²) in [6, 6.07) is 14.1. The van der Waals surface area contributed by atoms with E-state index in [1.807, 2.05) is 30.3 Å². The topological polar surface area (TPSA) is 41.5 Å². The molecule has 0 radical (unpaired) electrons. The van der Waals surface area contributed by atoms with Crippen LogP contribution in [0.4, 0.5) is 0 Å². The molecule has 0 aliphatic carbocycles. The summed E-state index contributed by atoms with van der Waals surface area (Å²) in [5, 5.41) is 4.61. The number of nitrogens with one attached hydrogen (secondary N) is 1. The first kappa shape index (κ1) is 13.6. The van der Waals surface area contributed by atoms with Crippen LogP contribution in [0.1, 0.15) is 15.9 Å². The summed E-state index contributed by atoms with van der Waals surface area (Å²) in [6.45, 7) is 0. The zero-order valence-corrected chi connectivity index (χ0v) is 11.3. The monoisotopic (exact) mass is 292 g/mol. The van der Waals surface area contributed by atoms with E-state index in [9.17, 15) is 4.79 Å². The molecule has 19 heavy (non-hydrogen) atoms. The molecule has 0 bridgehead atoms. The Balaban J connectivity index is 2.01. The van der Waals surface area contributed by atoms with Gasteiger partial charge in [0.2, 0.25) is 0 Å². The maximum atomic E-state index is 11.8. The van der Waals surface area contributed by atoms with Crippen LogP contribution in [-0.4, -0.2) is 12.1 Å². The number of benzene rings is 2. The fourth-order valence-corrected chi connectivity index (χ4v) is 1.70. The van der Waals surface area contributed by atoms with Gasteiger partial charge in [-0.25, -0.2) is 5.43 Å². The number of nitrogens with zero attached hydrogens (tertiary/aromatic N) is 1. The van der Waals surface area contributed by atoms with Gasteiger partial charge in [-0.3, -0.25) is 4.79 Å². The first-order valence-electron chi connectivity index (χ1n) is 5.50. The highest BCUT2D eigenvalue weighted by molar-refractivity contribution is 6.42. The van der Waals surface area contributed by atoms with Crippen molar-refractivity contribution in [3.8, 4) is 0 Å². The molecule has 0 fully saturated rings. The summed E-state index contributed by atoms with van der Waals surface area (Å²) in [5.74, 6) is -0.342. The fraction of sp³-hybridized carbons (Fsp3) is 0. The number of halogens is 2. The van der Waals surface area contributed by atoms with Crippen molar-refractivity contribution in [1.29, 1.82) is 0 Å². The summed E-state index contributed by atoms with van der Waals surface area (Å²) in [5.41, 5.74) is 3.73. The minimum atomic E-state index is -0.342. The number of carbonyl (C=O) groups excluding carboxylic acids is 1. The van der Waals surface area contributed by atoms with Crippen molar-refractivity contribution in [3.63, 3.8) is 0 Å². The minimum absolute atomic E-state index is 0.335. The van der Waals surface area contributed by atoms with Crippen LogP contribution in [0.5, 0.6) is 0 Å². The molecular formula is C14H10Cl2N2O. The molecule has 5 heteroatoms. The molecule has 0 unspecified atom stereocenters. The second-order valence-electron chi connectivity index (χ2n) is 3.74. The maximum absolute atomic E-state index is 11.8. The van der Waals surface area contributed by atoms with Gasteiger partial charge in [0.15, 0.2) is 0 Å². The lowest BCUT2D eigenvalue weighted by molar-refractivity contribution is 0.0955. The quantitative estimate of drug-likeness (QED) is 0.679. The van der Waals surface area contributed by atoms with Crippen LogP contribution in [0.3, 0.4) is 0 Å². The predicted molar refractivity (Wildman–Crippen MR) is 78.0 cm³/mol. The van der Waals surface area contributed by atoms with Crippen LogP contribution in [-0.2, 0) is 0 Å². The van der Waals surface area contributed by atoms with Gasteiger partial charge < -0.3 is 0 Å². The van der Waals surface area contributed by atoms with Gasteiger partial charge in [-0.15, -0.1) is 0 Å². The van der Waals surface area contributed by atoms with Crippen molar-refractivity contribution in [2.24, 2.45) is 5.10 Å². The molecule has 0 aromatic heterocycles. The smallest absolute Gasteiger partial charge is 0.267 e. The highest BCUT2D eigenvalue weighted by Crippen LogP contribution is 2.22. The van der Waals surface area contributed by atoms with Crippen molar-refractivity contribution < 1.29 is 4.79 Å². The van der Waals surface area contributed by atoms with E-state index in [2.05, 4.69) is 10.5 Å². The van der Waals surface area contributed by atoms with Gasteiger partial charge >= 0.3 is 0 Å². The average Bonchev–Trinajstić information content (AvgIpc) is 2.43. The molecule has 0 aliphatic heterocycles. The fourth-order valence-electron chi connectivity index (χ4n) is 1.41. The van der Waals surface area contributed by atoms with Crippen LogP contribution >= 0.6 is 23.2 Å². The summed E-state index contributed by atoms with van der Waals surface area (Å²) in [4.78, 5) is 11.8. The Morgan fingerprint density at radius 2 is 1.79 bits per heavy atom. The second kappa shape index (κ2) is 6.36. The zero-order valence-electron chi connectivity index (χ0n) is 9.81. The minimum Gasteiger partial charge on any atom is -0.267 e. The zero-order chi connectivity index (χ0) is 13.7. The Kier molecular flexibility index (Phi) is 4.55. The standard InChI is InChI=1S/C14H10Cl2N2O/c15-12-7-6-11(8-13(12)16)14(19)18-17-9-10-4-2-1-3-5-10/h1-9H,(H,18,19)/b17-9+. The van der Waals surface area contributed by atoms with Gasteiger partial charge in [-0.1, -0.05) is 53.5 Å². The third-order valence-electron chi connectivity index (χ3n) is 2.36. The van der Waals surface area contributed by atoms with Gasteiger partial charge in [0.1, 0.15) is 0 Å². The molecular weight excluding hydrogens is 283 g/mol. The normalized spacial score (nSPS) is 10.6. The van der Waals surface area contributed by atoms with E-state index >= 15 is 0 Å². The Labute approximate surface area is 120 Å². The van der Waals surface area contributed by atoms with Crippen molar-refractivity contribution >= 4 is 35.3 Å². The number of hydrogen-bond acceptors (Lipinski definition) is 2. The molecule has 0 saturated heterocycles. The van der Waals surface area contributed by atoms with Crippen LogP contribution in [0.25, 0.3) is 0 Å². The molecule has 2 aromatic carbocycles. The Bertz CT molecular complexity index is 612. The number of rotatable bonds is 3. The van der Waals surface area contributed by atoms with Gasteiger partial charge in [0, 0.05) is 5.56 Å². The molecule has 2 rings (SSSR count). The predicted octanol–water partition coefficient (Wildman–Crippen LogP) is 3.76. The highest BCUT2D eigenvalue weighted by Gasteiger charge is 2.06. The van der Waals surface area contributed by atoms with Gasteiger partial charge in [0.05, 0.1) is 16.3 Å². The number of hydrazone groups is 1. The van der Waals surface area contributed by atoms with E-state index in [1.54, 1.807) is 18.3 Å². The van der Waals surface area contributed by atoms with Gasteiger partial charge in [0.25, 0.3) is 5.91 Å². The lowest BCUT2D eigenvalue weighted by Gasteiger charge is -2.01. The number of hydrogen-bond donors (Lipinski definition) is 1. The lowest BCUT2D eigenvalue weighted by Crippen LogP contribution is -2.17. The summed E-state index contributed by atoms with van der Waals surface area (Å²) < 4.78 is 0. The van der Waals surface area contributed by atoms with Crippen molar-refractivity contribution in [2.75, 3.05) is 0 Å². The van der Waals surface area contributed by atoms with Crippen LogP contribution < -0.4 is 5.43 Å². The van der Waals surface area contributed by atoms with E-state index in [4.69, 9.17) is 23.2 Å². The Morgan fingerprint density at radius 3 is 2.47 bits per heavy atom. The highest BCUT2D eigenvalue weighted by atomic mass is 35.5. The third-order valence-corrected chi connectivity index (χ3v) is 3.10. The molecule has 2 aromatic rings. The summed E-state index contributed by atoms with van der Waals surface area (Å²) >= 11 is 11.6. The van der Waals surface area contributed by atoms with E-state index in [0.717, 1.165) is 5.56 Å². The maximum Gasteiger partial charge on any atom is 0.271 e. The molecule has 0 atom stereocenters. The van der Waals surface area contributed by atoms with E-state index in [-0.39, 0.29) is 5.91 Å². The van der Waals surface area contributed by atoms with E-state index in [0.29, 0.717) is 15.6 Å². The van der Waals surface area contributed by atoms with Crippen molar-refractivity contribution in [3.05, 3.63) is 69.7 Å². The average molecular weight is 293 g/mol. The number of carbonyl (C=O) groups is 1. The molecule has 3 nitrogen and oxygen atoms in total. The van der Waals surface area contributed by atoms with Crippen molar-refractivity contribution in [1.82, 2.24) is 5.43 Å². The Hall–Kier alpha value is -1.84. The van der Waals surface area contributed by atoms with E-state index < -0.39 is 0 Å². The first-order chi connectivity index (χ1) is 9.16. The molecule has 1 N–H and O–H groups in total. The molecule has 1 amide bonds. The van der Waals surface area contributed by atoms with Crippen LogP contribution in [0.15, 0.2) is 53.6 Å². The number of amides is 1. The van der Waals surface area contributed by atoms with Gasteiger partial charge in [-0.05, 0) is 23.8 Å². The Morgan fingerprint density at radius 1 is 1.05 bits per heavy atom. The summed E-state index contributed by atoms with van der Waals surface area (Å²) in [7, 11) is 0. The van der Waals surface area contributed by atoms with Gasteiger partial charge in [-0.2, -0.15) is 5.10 Å². The largest absolute Gasteiger partial charge is 0.271 e. The SMILES string of the molecule is O=C(N/N=C/c1ccccc1)c1ccc(Cl)c(Cl)c1. The van der Waals surface area contributed by atoms with Crippen molar-refractivity contribution in [2.45, 2.75) is 0 Å². The summed E-state index contributed by atoms with van der Waals surface area (Å²) in [6.07, 6.45) is 1.56. The van der Waals surface area contributed by atoms with Crippen LogP contribution in [0.2, 0.25) is 10.0 Å². The third kappa shape index (κ3) is 3.81. The molecule has 0 heterocycles. The van der Waals surface area contributed by atoms with E-state index in [1.165, 1.54) is 6.07 Å². The molecule has 0 aliphatic rings. The first-order valence-corrected chi connectivity index (χ1v) is 6.26.